The second kappa shape index (κ2) is 11.0. The summed E-state index contributed by atoms with van der Waals surface area (Å²) in [6.07, 6.45) is 3.73. The van der Waals surface area contributed by atoms with Gasteiger partial charge in [-0.2, -0.15) is 4.31 Å². The first-order valence-electron chi connectivity index (χ1n) is 11.9. The van der Waals surface area contributed by atoms with Crippen LogP contribution in [0.1, 0.15) is 47.4 Å². The molecule has 0 saturated carbocycles. The van der Waals surface area contributed by atoms with E-state index in [2.05, 4.69) is 20.0 Å². The first-order valence-corrected chi connectivity index (χ1v) is 14.8. The van der Waals surface area contributed by atoms with Crippen LogP contribution in [0.4, 0.5) is 11.6 Å². The molecule has 0 atom stereocenters. The van der Waals surface area contributed by atoms with Gasteiger partial charge < -0.3 is 5.32 Å². The number of aryl methyl sites for hydroxylation is 2. The summed E-state index contributed by atoms with van der Waals surface area (Å²) >= 11 is 0. The van der Waals surface area contributed by atoms with Crippen LogP contribution in [-0.2, 0) is 20.0 Å². The fourth-order valence-corrected chi connectivity index (χ4v) is 6.54. The number of benzene rings is 2. The number of rotatable bonds is 7. The van der Waals surface area contributed by atoms with E-state index < -0.39 is 26.0 Å². The molecule has 1 aliphatic heterocycles. The van der Waals surface area contributed by atoms with Gasteiger partial charge in [0, 0.05) is 35.7 Å². The number of aromatic nitrogens is 2. The standard InChI is InChI=1S/C25H29N5O5S2/c1-18-17-19(2)27-25(26-18)29-36(32,33)22-13-9-21(10-14-22)28-24(31)20-7-11-23(12-8-20)37(34,35)30-15-5-3-4-6-16-30/h7-14,17H,3-6,15-16H2,1-2H3,(H,28,31)(H,26,27,29). The van der Waals surface area contributed by atoms with Crippen molar-refractivity contribution in [2.75, 3.05) is 23.1 Å². The van der Waals surface area contributed by atoms with Crippen molar-refractivity contribution in [3.05, 3.63) is 71.5 Å². The molecule has 196 valence electrons. The fraction of sp³-hybridized carbons (Fsp3) is 0.320. The molecule has 1 saturated heterocycles. The molecule has 2 aromatic carbocycles. The Labute approximate surface area is 217 Å². The quantitative estimate of drug-likeness (QED) is 0.463. The molecule has 37 heavy (non-hydrogen) atoms. The summed E-state index contributed by atoms with van der Waals surface area (Å²) < 4.78 is 55.1. The summed E-state index contributed by atoms with van der Waals surface area (Å²) in [5.74, 6) is -0.465. The molecule has 2 heterocycles. The zero-order valence-corrected chi connectivity index (χ0v) is 22.3. The lowest BCUT2D eigenvalue weighted by Crippen LogP contribution is -2.31. The zero-order valence-electron chi connectivity index (χ0n) is 20.6. The third-order valence-corrected chi connectivity index (χ3v) is 9.21. The van der Waals surface area contributed by atoms with Crippen molar-refractivity contribution in [1.29, 1.82) is 0 Å². The van der Waals surface area contributed by atoms with E-state index in [-0.39, 0.29) is 21.3 Å². The van der Waals surface area contributed by atoms with E-state index >= 15 is 0 Å². The zero-order chi connectivity index (χ0) is 26.6. The molecule has 0 unspecified atom stereocenters. The van der Waals surface area contributed by atoms with E-state index in [1.54, 1.807) is 19.9 Å². The third-order valence-electron chi connectivity index (χ3n) is 5.95. The predicted octanol–water partition coefficient (Wildman–Crippen LogP) is 3.71. The Morgan fingerprint density at radius 1 is 0.784 bits per heavy atom. The average Bonchev–Trinajstić information content (AvgIpc) is 3.14. The smallest absolute Gasteiger partial charge is 0.264 e. The molecule has 1 fully saturated rings. The molecule has 10 nitrogen and oxygen atoms in total. The maximum Gasteiger partial charge on any atom is 0.264 e. The monoisotopic (exact) mass is 543 g/mol. The first-order chi connectivity index (χ1) is 17.5. The summed E-state index contributed by atoms with van der Waals surface area (Å²) in [5.41, 5.74) is 1.93. The van der Waals surface area contributed by atoms with E-state index in [4.69, 9.17) is 0 Å². The van der Waals surface area contributed by atoms with Gasteiger partial charge in [-0.1, -0.05) is 12.8 Å². The van der Waals surface area contributed by atoms with Crippen molar-refractivity contribution in [2.45, 2.75) is 49.3 Å². The highest BCUT2D eigenvalue weighted by molar-refractivity contribution is 7.92. The third kappa shape index (κ3) is 6.51. The minimum atomic E-state index is -3.92. The van der Waals surface area contributed by atoms with Crippen LogP contribution in [0.5, 0.6) is 0 Å². The lowest BCUT2D eigenvalue weighted by molar-refractivity contribution is 0.102. The van der Waals surface area contributed by atoms with Crippen molar-refractivity contribution in [1.82, 2.24) is 14.3 Å². The van der Waals surface area contributed by atoms with Crippen molar-refractivity contribution >= 4 is 37.6 Å². The van der Waals surface area contributed by atoms with E-state index in [1.165, 1.54) is 52.8 Å². The molecule has 1 aromatic heterocycles. The van der Waals surface area contributed by atoms with Crippen LogP contribution in [0, 0.1) is 13.8 Å². The summed E-state index contributed by atoms with van der Waals surface area (Å²) in [6.45, 7) is 4.49. The Bertz CT molecular complexity index is 1460. The van der Waals surface area contributed by atoms with Crippen LogP contribution in [0.25, 0.3) is 0 Å². The van der Waals surface area contributed by atoms with Gasteiger partial charge in [0.2, 0.25) is 16.0 Å². The topological polar surface area (TPSA) is 138 Å². The van der Waals surface area contributed by atoms with Crippen LogP contribution >= 0.6 is 0 Å². The largest absolute Gasteiger partial charge is 0.322 e. The number of sulfonamides is 2. The summed E-state index contributed by atoms with van der Waals surface area (Å²) in [6, 6.07) is 13.2. The van der Waals surface area contributed by atoms with Crippen LogP contribution in [-0.4, -0.2) is 50.1 Å². The molecular weight excluding hydrogens is 514 g/mol. The maximum absolute atomic E-state index is 12.9. The number of hydrogen-bond donors (Lipinski definition) is 2. The average molecular weight is 544 g/mol. The van der Waals surface area contributed by atoms with Gasteiger partial charge in [-0.15, -0.1) is 0 Å². The van der Waals surface area contributed by atoms with Crippen LogP contribution in [0.15, 0.2) is 64.4 Å². The van der Waals surface area contributed by atoms with Crippen LogP contribution in [0.2, 0.25) is 0 Å². The number of carbonyl (C=O) groups is 1. The lowest BCUT2D eigenvalue weighted by atomic mass is 10.2. The summed E-state index contributed by atoms with van der Waals surface area (Å²) in [5, 5.41) is 2.69. The minimum absolute atomic E-state index is 0.0173. The van der Waals surface area contributed by atoms with Gasteiger partial charge in [0.05, 0.1) is 9.79 Å². The van der Waals surface area contributed by atoms with Gasteiger partial charge in [-0.25, -0.2) is 31.5 Å². The van der Waals surface area contributed by atoms with Gasteiger partial charge in [-0.3, -0.25) is 4.79 Å². The number of anilines is 2. The Kier molecular flexibility index (Phi) is 7.90. The number of nitrogens with zero attached hydrogens (tertiary/aromatic N) is 3. The second-order valence-corrected chi connectivity index (χ2v) is 12.5. The number of amides is 1. The number of nitrogens with one attached hydrogen (secondary N) is 2. The lowest BCUT2D eigenvalue weighted by Gasteiger charge is -2.20. The van der Waals surface area contributed by atoms with Gasteiger partial charge in [-0.05, 0) is 81.3 Å². The van der Waals surface area contributed by atoms with Gasteiger partial charge >= 0.3 is 0 Å². The van der Waals surface area contributed by atoms with E-state index in [9.17, 15) is 21.6 Å². The van der Waals surface area contributed by atoms with Crippen molar-refractivity contribution in [3.8, 4) is 0 Å². The molecule has 1 amide bonds. The fourth-order valence-electron chi connectivity index (χ4n) is 4.08. The van der Waals surface area contributed by atoms with Gasteiger partial charge in [0.1, 0.15) is 0 Å². The molecular formula is C25H29N5O5S2. The predicted molar refractivity (Wildman–Crippen MR) is 140 cm³/mol. The highest BCUT2D eigenvalue weighted by Crippen LogP contribution is 2.22. The number of hydrogen-bond acceptors (Lipinski definition) is 7. The normalized spacial score (nSPS) is 15.1. The molecule has 1 aliphatic rings. The van der Waals surface area contributed by atoms with Gasteiger partial charge in [0.25, 0.3) is 15.9 Å². The maximum atomic E-state index is 12.9. The molecule has 0 radical (unpaired) electrons. The van der Waals surface area contributed by atoms with E-state index in [1.807, 2.05) is 0 Å². The molecule has 12 heteroatoms. The molecule has 2 N–H and O–H groups in total. The Hall–Kier alpha value is -3.35. The minimum Gasteiger partial charge on any atom is -0.322 e. The molecule has 0 aliphatic carbocycles. The second-order valence-electron chi connectivity index (χ2n) is 8.90. The number of carbonyl (C=O) groups excluding carboxylic acids is 1. The van der Waals surface area contributed by atoms with E-state index in [0.29, 0.717) is 30.2 Å². The molecule has 0 spiro atoms. The molecule has 4 rings (SSSR count). The summed E-state index contributed by atoms with van der Waals surface area (Å²) in [7, 11) is -7.53. The van der Waals surface area contributed by atoms with Gasteiger partial charge in [0.15, 0.2) is 0 Å². The van der Waals surface area contributed by atoms with Crippen molar-refractivity contribution in [3.63, 3.8) is 0 Å². The van der Waals surface area contributed by atoms with E-state index in [0.717, 1.165) is 25.7 Å². The first kappa shape index (κ1) is 26.7. The highest BCUT2D eigenvalue weighted by Gasteiger charge is 2.25. The Morgan fingerprint density at radius 2 is 1.32 bits per heavy atom. The van der Waals surface area contributed by atoms with Crippen molar-refractivity contribution < 1.29 is 21.6 Å². The highest BCUT2D eigenvalue weighted by atomic mass is 32.2. The Balaban J connectivity index is 1.42. The van der Waals surface area contributed by atoms with Crippen molar-refractivity contribution in [2.24, 2.45) is 0 Å². The Morgan fingerprint density at radius 3 is 1.89 bits per heavy atom. The van der Waals surface area contributed by atoms with Crippen LogP contribution in [0.3, 0.4) is 0 Å². The summed E-state index contributed by atoms with van der Waals surface area (Å²) in [4.78, 5) is 21.0. The molecule has 3 aromatic rings. The SMILES string of the molecule is Cc1cc(C)nc(NS(=O)(=O)c2ccc(NC(=O)c3ccc(S(=O)(=O)N4CCCCCC4)cc3)cc2)n1. The van der Waals surface area contributed by atoms with Crippen LogP contribution < -0.4 is 10.0 Å². The molecule has 0 bridgehead atoms.